The van der Waals surface area contributed by atoms with Crippen molar-refractivity contribution in [3.63, 3.8) is 0 Å². The minimum Gasteiger partial charge on any atom is -0.505 e. The van der Waals surface area contributed by atoms with Gasteiger partial charge in [0.25, 0.3) is 5.91 Å². The number of benzene rings is 1. The number of phenols is 1. The first-order valence-electron chi connectivity index (χ1n) is 5.86. The third kappa shape index (κ3) is 1.44. The predicted octanol–water partition coefficient (Wildman–Crippen LogP) is 2.02. The monoisotopic (exact) mass is 230 g/mol. The van der Waals surface area contributed by atoms with E-state index >= 15 is 0 Å². The smallest absolute Gasteiger partial charge is 0.256 e. The molecule has 3 rings (SSSR count). The Hall–Kier alpha value is -1.84. The van der Waals surface area contributed by atoms with Crippen molar-refractivity contribution in [1.29, 1.82) is 0 Å². The molecule has 0 aliphatic carbocycles. The Morgan fingerprint density at radius 3 is 3.12 bits per heavy atom. The largest absolute Gasteiger partial charge is 0.505 e. The van der Waals surface area contributed by atoms with Gasteiger partial charge in [0.2, 0.25) is 0 Å². The molecule has 17 heavy (non-hydrogen) atoms. The molecule has 0 radical (unpaired) electrons. The van der Waals surface area contributed by atoms with Crippen molar-refractivity contribution < 1.29 is 9.90 Å². The van der Waals surface area contributed by atoms with E-state index in [-0.39, 0.29) is 17.7 Å². The summed E-state index contributed by atoms with van der Waals surface area (Å²) in [6, 6.07) is 3.61. The first kappa shape index (κ1) is 10.3. The second-order valence-corrected chi connectivity index (χ2v) is 4.61. The van der Waals surface area contributed by atoms with Gasteiger partial charge >= 0.3 is 0 Å². The number of amides is 1. The van der Waals surface area contributed by atoms with Gasteiger partial charge in [-0.15, -0.1) is 0 Å². The van der Waals surface area contributed by atoms with E-state index in [1.165, 1.54) is 0 Å². The molecule has 1 aromatic rings. The number of hydrogen-bond acceptors (Lipinski definition) is 3. The van der Waals surface area contributed by atoms with Crippen molar-refractivity contribution in [3.05, 3.63) is 23.3 Å². The van der Waals surface area contributed by atoms with Crippen molar-refractivity contribution in [2.24, 2.45) is 4.99 Å². The van der Waals surface area contributed by atoms with Crippen LogP contribution in [0.1, 0.15) is 28.8 Å². The fraction of sp³-hybridized carbons (Fsp3) is 0.385. The molecule has 88 valence electrons. The molecule has 1 aromatic carbocycles. The van der Waals surface area contributed by atoms with Gasteiger partial charge in [0.05, 0.1) is 11.6 Å². The van der Waals surface area contributed by atoms with Crippen LogP contribution < -0.4 is 0 Å². The number of nitrogens with zero attached hydrogens (tertiary/aromatic N) is 2. The van der Waals surface area contributed by atoms with Crippen molar-refractivity contribution in [3.8, 4) is 5.75 Å². The molecule has 0 spiro atoms. The first-order valence-corrected chi connectivity index (χ1v) is 5.86. The van der Waals surface area contributed by atoms with Gasteiger partial charge in [-0.2, -0.15) is 0 Å². The molecule has 0 saturated carbocycles. The van der Waals surface area contributed by atoms with Gasteiger partial charge in [0, 0.05) is 12.8 Å². The van der Waals surface area contributed by atoms with Crippen LogP contribution in [0.15, 0.2) is 17.1 Å². The summed E-state index contributed by atoms with van der Waals surface area (Å²) in [6.07, 6.45) is 3.77. The van der Waals surface area contributed by atoms with Gasteiger partial charge in [0.15, 0.2) is 0 Å². The Morgan fingerprint density at radius 2 is 2.29 bits per heavy atom. The SMILES string of the molecule is Cc1ccc2c(c1O)N=CC1CCCN1C2=O. The highest BCUT2D eigenvalue weighted by atomic mass is 16.3. The molecule has 1 amide bonds. The molecule has 0 bridgehead atoms. The predicted molar refractivity (Wildman–Crippen MR) is 65.1 cm³/mol. The average molecular weight is 230 g/mol. The summed E-state index contributed by atoms with van der Waals surface area (Å²) in [5.41, 5.74) is 1.67. The van der Waals surface area contributed by atoms with Crippen LogP contribution in [0.4, 0.5) is 5.69 Å². The van der Waals surface area contributed by atoms with Gasteiger partial charge in [0.1, 0.15) is 11.4 Å². The minimum absolute atomic E-state index is 0.0182. The maximum Gasteiger partial charge on any atom is 0.256 e. The van der Waals surface area contributed by atoms with E-state index in [4.69, 9.17) is 0 Å². The molecule has 0 aromatic heterocycles. The number of rotatable bonds is 0. The van der Waals surface area contributed by atoms with Crippen LogP contribution in [-0.4, -0.2) is 34.7 Å². The van der Waals surface area contributed by atoms with E-state index in [0.29, 0.717) is 11.3 Å². The van der Waals surface area contributed by atoms with E-state index in [1.807, 2.05) is 11.8 Å². The summed E-state index contributed by atoms with van der Waals surface area (Å²) in [5, 5.41) is 9.96. The van der Waals surface area contributed by atoms with Crippen molar-refractivity contribution in [1.82, 2.24) is 4.90 Å². The molecular weight excluding hydrogens is 216 g/mol. The molecule has 1 N–H and O–H groups in total. The second kappa shape index (κ2) is 3.58. The fourth-order valence-electron chi connectivity index (χ4n) is 2.50. The molecular formula is C13H14N2O2. The van der Waals surface area contributed by atoms with Gasteiger partial charge in [-0.25, -0.2) is 0 Å². The molecule has 2 heterocycles. The summed E-state index contributed by atoms with van der Waals surface area (Å²) in [7, 11) is 0. The Balaban J connectivity index is 2.18. The number of aromatic hydroxyl groups is 1. The van der Waals surface area contributed by atoms with E-state index in [9.17, 15) is 9.90 Å². The molecule has 1 unspecified atom stereocenters. The molecule has 1 atom stereocenters. The highest BCUT2D eigenvalue weighted by Gasteiger charge is 2.32. The zero-order chi connectivity index (χ0) is 12.0. The van der Waals surface area contributed by atoms with Crippen LogP contribution in [0.3, 0.4) is 0 Å². The normalized spacial score (nSPS) is 22.3. The zero-order valence-corrected chi connectivity index (χ0v) is 9.68. The maximum atomic E-state index is 12.3. The fourth-order valence-corrected chi connectivity index (χ4v) is 2.50. The van der Waals surface area contributed by atoms with Gasteiger partial charge in [-0.3, -0.25) is 9.79 Å². The number of aryl methyl sites for hydroxylation is 1. The van der Waals surface area contributed by atoms with Crippen LogP contribution in [0, 0.1) is 6.92 Å². The quantitative estimate of drug-likeness (QED) is 0.741. The molecule has 4 nitrogen and oxygen atoms in total. The van der Waals surface area contributed by atoms with Crippen LogP contribution in [0.2, 0.25) is 0 Å². The Morgan fingerprint density at radius 1 is 1.47 bits per heavy atom. The number of fused-ring (bicyclic) bond motifs is 2. The standard InChI is InChI=1S/C13H14N2O2/c1-8-4-5-10-11(12(8)16)14-7-9-3-2-6-15(9)13(10)17/h4-5,7,9,16H,2-3,6H2,1H3. The van der Waals surface area contributed by atoms with Crippen LogP contribution in [0.5, 0.6) is 5.75 Å². The number of carbonyl (C=O) groups is 1. The van der Waals surface area contributed by atoms with Crippen molar-refractivity contribution in [2.45, 2.75) is 25.8 Å². The number of phenolic OH excluding ortho intramolecular Hbond substituents is 1. The summed E-state index contributed by atoms with van der Waals surface area (Å²) in [5.74, 6) is 0.101. The Bertz CT molecular complexity index is 522. The first-order chi connectivity index (χ1) is 8.18. The van der Waals surface area contributed by atoms with Crippen LogP contribution in [0.25, 0.3) is 0 Å². The minimum atomic E-state index is -0.0182. The van der Waals surface area contributed by atoms with Crippen LogP contribution >= 0.6 is 0 Å². The van der Waals surface area contributed by atoms with E-state index in [0.717, 1.165) is 24.9 Å². The van der Waals surface area contributed by atoms with Crippen molar-refractivity contribution in [2.75, 3.05) is 6.54 Å². The Kier molecular flexibility index (Phi) is 2.18. The van der Waals surface area contributed by atoms with Crippen LogP contribution in [-0.2, 0) is 0 Å². The topological polar surface area (TPSA) is 52.9 Å². The maximum absolute atomic E-state index is 12.3. The number of hydrogen-bond donors (Lipinski definition) is 1. The highest BCUT2D eigenvalue weighted by molar-refractivity contribution is 6.04. The number of aliphatic imine (C=N–C) groups is 1. The van der Waals surface area contributed by atoms with E-state index in [2.05, 4.69) is 4.99 Å². The van der Waals surface area contributed by atoms with Gasteiger partial charge in [-0.1, -0.05) is 6.07 Å². The average Bonchev–Trinajstić information content (AvgIpc) is 2.74. The zero-order valence-electron chi connectivity index (χ0n) is 9.68. The molecule has 2 aliphatic rings. The third-order valence-corrected chi connectivity index (χ3v) is 3.52. The summed E-state index contributed by atoms with van der Waals surface area (Å²) >= 11 is 0. The van der Waals surface area contributed by atoms with Crippen molar-refractivity contribution >= 4 is 17.8 Å². The molecule has 1 saturated heterocycles. The lowest BCUT2D eigenvalue weighted by Gasteiger charge is -2.19. The summed E-state index contributed by atoms with van der Waals surface area (Å²) in [6.45, 7) is 2.59. The van der Waals surface area contributed by atoms with E-state index in [1.54, 1.807) is 18.3 Å². The summed E-state index contributed by atoms with van der Waals surface area (Å²) < 4.78 is 0. The number of carbonyl (C=O) groups excluding carboxylic acids is 1. The third-order valence-electron chi connectivity index (χ3n) is 3.52. The lowest BCUT2D eigenvalue weighted by Crippen LogP contribution is -2.35. The van der Waals surface area contributed by atoms with E-state index < -0.39 is 0 Å². The lowest BCUT2D eigenvalue weighted by atomic mass is 10.1. The highest BCUT2D eigenvalue weighted by Crippen LogP contribution is 2.37. The van der Waals surface area contributed by atoms with Gasteiger partial charge in [-0.05, 0) is 31.4 Å². The second-order valence-electron chi connectivity index (χ2n) is 4.61. The molecule has 4 heteroatoms. The summed E-state index contributed by atoms with van der Waals surface area (Å²) in [4.78, 5) is 18.5. The van der Waals surface area contributed by atoms with Gasteiger partial charge < -0.3 is 10.0 Å². The molecule has 2 aliphatic heterocycles. The lowest BCUT2D eigenvalue weighted by molar-refractivity contribution is 0.0774. The Labute approximate surface area is 99.6 Å². The molecule has 1 fully saturated rings.